The predicted octanol–water partition coefficient (Wildman–Crippen LogP) is 3.59. The van der Waals surface area contributed by atoms with Crippen molar-refractivity contribution in [2.24, 2.45) is 0 Å². The molecule has 0 aliphatic heterocycles. The molecule has 118 valence electrons. The number of carbonyl (C=O) groups excluding carboxylic acids is 1. The van der Waals surface area contributed by atoms with E-state index in [1.165, 1.54) is 11.8 Å². The Bertz CT molecular complexity index is 782. The molecule has 0 N–H and O–H groups in total. The smallest absolute Gasteiger partial charge is 0.338 e. The molecule has 7 heteroatoms. The Labute approximate surface area is 136 Å². The molecule has 23 heavy (non-hydrogen) atoms. The minimum Gasteiger partial charge on any atom is -0.469 e. The molecule has 0 spiro atoms. The first-order valence-electron chi connectivity index (χ1n) is 6.97. The van der Waals surface area contributed by atoms with Gasteiger partial charge in [-0.25, -0.2) is 4.79 Å². The summed E-state index contributed by atoms with van der Waals surface area (Å²) in [4.78, 5) is 11.8. The Hall–Kier alpha value is -2.54. The van der Waals surface area contributed by atoms with Gasteiger partial charge in [0, 0.05) is 5.75 Å². The van der Waals surface area contributed by atoms with Gasteiger partial charge in [-0.2, -0.15) is 0 Å². The average Bonchev–Trinajstić information content (AvgIpc) is 3.21. The SMILES string of the molecule is Cc1occc1-c1nnc(SCCOC(=O)c2ccccc2)o1. The van der Waals surface area contributed by atoms with Crippen LogP contribution in [0.1, 0.15) is 16.1 Å². The van der Waals surface area contributed by atoms with Crippen LogP contribution in [0.25, 0.3) is 11.5 Å². The van der Waals surface area contributed by atoms with E-state index < -0.39 is 0 Å². The fourth-order valence-electron chi connectivity index (χ4n) is 1.90. The second-order valence-corrected chi connectivity index (χ2v) is 5.66. The molecule has 2 aromatic heterocycles. The third-order valence-corrected chi connectivity index (χ3v) is 3.83. The fraction of sp³-hybridized carbons (Fsp3) is 0.188. The summed E-state index contributed by atoms with van der Waals surface area (Å²) < 4.78 is 15.9. The largest absolute Gasteiger partial charge is 0.469 e. The predicted molar refractivity (Wildman–Crippen MR) is 84.2 cm³/mol. The first-order chi connectivity index (χ1) is 11.2. The molecule has 0 atom stereocenters. The van der Waals surface area contributed by atoms with Crippen molar-refractivity contribution >= 4 is 17.7 Å². The van der Waals surface area contributed by atoms with Crippen LogP contribution in [-0.2, 0) is 4.74 Å². The number of hydrogen-bond acceptors (Lipinski definition) is 7. The Morgan fingerprint density at radius 3 is 2.78 bits per heavy atom. The molecule has 0 fully saturated rings. The Kier molecular flexibility index (Phi) is 4.77. The number of aromatic nitrogens is 2. The van der Waals surface area contributed by atoms with Gasteiger partial charge in [0.05, 0.1) is 17.4 Å². The molecule has 6 nitrogen and oxygen atoms in total. The van der Waals surface area contributed by atoms with Crippen molar-refractivity contribution in [2.75, 3.05) is 12.4 Å². The van der Waals surface area contributed by atoms with Crippen LogP contribution in [0, 0.1) is 6.92 Å². The van der Waals surface area contributed by atoms with Gasteiger partial charge >= 0.3 is 5.97 Å². The van der Waals surface area contributed by atoms with Gasteiger partial charge in [-0.15, -0.1) is 10.2 Å². The monoisotopic (exact) mass is 330 g/mol. The molecular weight excluding hydrogens is 316 g/mol. The zero-order valence-electron chi connectivity index (χ0n) is 12.4. The van der Waals surface area contributed by atoms with Crippen molar-refractivity contribution in [1.29, 1.82) is 0 Å². The highest BCUT2D eigenvalue weighted by Crippen LogP contribution is 2.26. The molecule has 0 saturated carbocycles. The van der Waals surface area contributed by atoms with E-state index in [1.54, 1.807) is 36.6 Å². The van der Waals surface area contributed by atoms with Gasteiger partial charge in [0.2, 0.25) is 0 Å². The van der Waals surface area contributed by atoms with Gasteiger partial charge in [-0.05, 0) is 25.1 Å². The molecule has 3 aromatic rings. The molecule has 0 amide bonds. The molecule has 3 rings (SSSR count). The standard InChI is InChI=1S/C16H14N2O4S/c1-11-13(7-8-20-11)14-17-18-16(22-14)23-10-9-21-15(19)12-5-3-2-4-6-12/h2-8H,9-10H2,1H3. The molecule has 1 aromatic carbocycles. The van der Waals surface area contributed by atoms with E-state index in [1.807, 2.05) is 13.0 Å². The van der Waals surface area contributed by atoms with E-state index >= 15 is 0 Å². The number of benzene rings is 1. The minimum absolute atomic E-state index is 0.265. The Morgan fingerprint density at radius 2 is 2.04 bits per heavy atom. The lowest BCUT2D eigenvalue weighted by molar-refractivity contribution is 0.0530. The van der Waals surface area contributed by atoms with E-state index in [2.05, 4.69) is 10.2 Å². The number of nitrogens with zero attached hydrogens (tertiary/aromatic N) is 2. The number of carbonyl (C=O) groups is 1. The summed E-state index contributed by atoms with van der Waals surface area (Å²) in [6, 6.07) is 10.6. The van der Waals surface area contributed by atoms with Crippen LogP contribution >= 0.6 is 11.8 Å². The Balaban J connectivity index is 1.47. The highest BCUT2D eigenvalue weighted by atomic mass is 32.2. The molecule has 0 radical (unpaired) electrons. The number of thioether (sulfide) groups is 1. The summed E-state index contributed by atoms with van der Waals surface area (Å²) in [6.45, 7) is 2.09. The summed E-state index contributed by atoms with van der Waals surface area (Å²) >= 11 is 1.33. The molecular formula is C16H14N2O4S. The molecule has 0 aliphatic rings. The van der Waals surface area contributed by atoms with Crippen LogP contribution in [-0.4, -0.2) is 28.5 Å². The van der Waals surface area contributed by atoms with Crippen LogP contribution in [0.2, 0.25) is 0 Å². The van der Waals surface area contributed by atoms with Crippen LogP contribution in [0.15, 0.2) is 56.7 Å². The topological polar surface area (TPSA) is 78.4 Å². The van der Waals surface area contributed by atoms with Gasteiger partial charge in [0.25, 0.3) is 11.1 Å². The molecule has 0 aliphatic carbocycles. The summed E-state index contributed by atoms with van der Waals surface area (Å²) in [5.41, 5.74) is 1.31. The zero-order valence-corrected chi connectivity index (χ0v) is 13.2. The molecule has 0 bridgehead atoms. The van der Waals surface area contributed by atoms with Gasteiger partial charge in [0.15, 0.2) is 0 Å². The highest BCUT2D eigenvalue weighted by Gasteiger charge is 2.13. The first-order valence-corrected chi connectivity index (χ1v) is 7.95. The highest BCUT2D eigenvalue weighted by molar-refractivity contribution is 7.99. The van der Waals surface area contributed by atoms with Crippen molar-refractivity contribution in [1.82, 2.24) is 10.2 Å². The normalized spacial score (nSPS) is 10.7. The maximum Gasteiger partial charge on any atom is 0.338 e. The van der Waals surface area contributed by atoms with Crippen molar-refractivity contribution < 1.29 is 18.4 Å². The quantitative estimate of drug-likeness (QED) is 0.388. The summed E-state index contributed by atoms with van der Waals surface area (Å²) in [5, 5.41) is 8.36. The van der Waals surface area contributed by atoms with Crippen molar-refractivity contribution in [3.8, 4) is 11.5 Å². The lowest BCUT2D eigenvalue weighted by atomic mass is 10.2. The van der Waals surface area contributed by atoms with Crippen molar-refractivity contribution in [3.63, 3.8) is 0 Å². The van der Waals surface area contributed by atoms with E-state index in [0.717, 1.165) is 11.3 Å². The van der Waals surface area contributed by atoms with Crippen LogP contribution in [0.4, 0.5) is 0 Å². The number of furan rings is 1. The molecule has 0 unspecified atom stereocenters. The summed E-state index contributed by atoms with van der Waals surface area (Å²) in [7, 11) is 0. The van der Waals surface area contributed by atoms with E-state index in [0.29, 0.717) is 22.4 Å². The van der Waals surface area contributed by atoms with Crippen LogP contribution < -0.4 is 0 Å². The van der Waals surface area contributed by atoms with Crippen LogP contribution in [0.5, 0.6) is 0 Å². The lowest BCUT2D eigenvalue weighted by Crippen LogP contribution is -2.07. The average molecular weight is 330 g/mol. The van der Waals surface area contributed by atoms with E-state index in [9.17, 15) is 4.79 Å². The zero-order chi connectivity index (χ0) is 16.1. The molecule has 2 heterocycles. The van der Waals surface area contributed by atoms with E-state index in [-0.39, 0.29) is 12.6 Å². The third-order valence-electron chi connectivity index (χ3n) is 3.05. The second kappa shape index (κ2) is 7.15. The third kappa shape index (κ3) is 3.81. The number of hydrogen-bond donors (Lipinski definition) is 0. The summed E-state index contributed by atoms with van der Waals surface area (Å²) in [6.07, 6.45) is 1.57. The maximum atomic E-state index is 11.8. The van der Waals surface area contributed by atoms with E-state index in [4.69, 9.17) is 13.6 Å². The number of aryl methyl sites for hydroxylation is 1. The van der Waals surface area contributed by atoms with Crippen molar-refractivity contribution in [3.05, 3.63) is 54.0 Å². The molecule has 0 saturated heterocycles. The first kappa shape index (κ1) is 15.4. The maximum absolute atomic E-state index is 11.8. The van der Waals surface area contributed by atoms with Crippen molar-refractivity contribution in [2.45, 2.75) is 12.1 Å². The lowest BCUT2D eigenvalue weighted by Gasteiger charge is -2.02. The number of esters is 1. The Morgan fingerprint density at radius 1 is 1.22 bits per heavy atom. The number of ether oxygens (including phenoxy) is 1. The minimum atomic E-state index is -0.341. The number of rotatable bonds is 6. The van der Waals surface area contributed by atoms with Gasteiger partial charge < -0.3 is 13.6 Å². The fourth-order valence-corrected chi connectivity index (χ4v) is 2.48. The van der Waals surface area contributed by atoms with Crippen LogP contribution in [0.3, 0.4) is 0 Å². The van der Waals surface area contributed by atoms with Gasteiger partial charge in [0.1, 0.15) is 12.4 Å². The summed E-state index contributed by atoms with van der Waals surface area (Å²) in [5.74, 6) is 1.33. The van der Waals surface area contributed by atoms with Gasteiger partial charge in [-0.3, -0.25) is 0 Å². The van der Waals surface area contributed by atoms with Gasteiger partial charge in [-0.1, -0.05) is 30.0 Å². The second-order valence-electron chi connectivity index (χ2n) is 4.61.